The van der Waals surface area contributed by atoms with Crippen LogP contribution < -0.4 is 9.67 Å². The van der Waals surface area contributed by atoms with Gasteiger partial charge in [-0.3, -0.25) is 0 Å². The lowest BCUT2D eigenvalue weighted by Gasteiger charge is -2.05. The fourth-order valence-corrected chi connectivity index (χ4v) is 2.63. The maximum atomic E-state index is 10.7. The zero-order valence-corrected chi connectivity index (χ0v) is 12.2. The molecule has 1 aromatic carbocycles. The van der Waals surface area contributed by atoms with E-state index in [1.54, 1.807) is 12.1 Å². The van der Waals surface area contributed by atoms with Crippen LogP contribution in [0.15, 0.2) is 30.5 Å². The van der Waals surface area contributed by atoms with Gasteiger partial charge >= 0.3 is 0 Å². The molecule has 0 aliphatic carbocycles. The summed E-state index contributed by atoms with van der Waals surface area (Å²) in [6.45, 7) is 8.12. The van der Waals surface area contributed by atoms with E-state index in [1.165, 1.54) is 11.5 Å². The summed E-state index contributed by atoms with van der Waals surface area (Å²) in [6.07, 6.45) is 3.12. The number of aromatic carboxylic acids is 1. The predicted octanol–water partition coefficient (Wildman–Crippen LogP) is 1.08. The van der Waals surface area contributed by atoms with Crippen LogP contribution in [0, 0.1) is 6.92 Å². The zero-order chi connectivity index (χ0) is 14.7. The standard InChI is InChI=1S/C16H20N2O2/c1-4-15-17(10-12(3)18(15)5-2)11-13-6-8-14(9-7-13)16(19)20/h6-10H,4-5,11H2,1-3H3. The van der Waals surface area contributed by atoms with Crippen molar-refractivity contribution in [1.82, 2.24) is 4.57 Å². The van der Waals surface area contributed by atoms with E-state index in [-0.39, 0.29) is 5.56 Å². The van der Waals surface area contributed by atoms with Gasteiger partial charge in [-0.05, 0) is 18.1 Å². The topological polar surface area (TPSA) is 48.9 Å². The van der Waals surface area contributed by atoms with Gasteiger partial charge in [-0.25, -0.2) is 9.13 Å². The number of rotatable bonds is 5. The van der Waals surface area contributed by atoms with Crippen molar-refractivity contribution >= 4 is 5.97 Å². The first-order valence-electron chi connectivity index (χ1n) is 6.95. The van der Waals surface area contributed by atoms with Crippen molar-refractivity contribution in [3.05, 3.63) is 53.1 Å². The highest BCUT2D eigenvalue weighted by Gasteiger charge is 2.17. The largest absolute Gasteiger partial charge is 0.545 e. The van der Waals surface area contributed by atoms with Crippen molar-refractivity contribution in [2.75, 3.05) is 0 Å². The van der Waals surface area contributed by atoms with E-state index in [0.29, 0.717) is 0 Å². The van der Waals surface area contributed by atoms with Gasteiger partial charge in [0, 0.05) is 13.3 Å². The SMILES string of the molecule is CCc1n(CC)c(C)c[n+]1Cc1ccc(C(=O)[O-])cc1. The van der Waals surface area contributed by atoms with E-state index in [1.807, 2.05) is 12.1 Å². The summed E-state index contributed by atoms with van der Waals surface area (Å²) in [7, 11) is 0. The number of nitrogens with zero attached hydrogens (tertiary/aromatic N) is 2. The first-order chi connectivity index (χ1) is 9.56. The molecule has 0 atom stereocenters. The van der Waals surface area contributed by atoms with Crippen LogP contribution in [0.4, 0.5) is 0 Å². The molecule has 0 bridgehead atoms. The molecule has 1 aromatic heterocycles. The number of carboxylic acids is 1. The van der Waals surface area contributed by atoms with E-state index in [4.69, 9.17) is 0 Å². The molecule has 0 radical (unpaired) electrons. The molecule has 0 aliphatic rings. The lowest BCUT2D eigenvalue weighted by Crippen LogP contribution is -2.37. The first-order valence-corrected chi connectivity index (χ1v) is 6.95. The summed E-state index contributed by atoms with van der Waals surface area (Å²) in [6, 6.07) is 6.88. The lowest BCUT2D eigenvalue weighted by molar-refractivity contribution is -0.695. The monoisotopic (exact) mass is 272 g/mol. The highest BCUT2D eigenvalue weighted by atomic mass is 16.4. The summed E-state index contributed by atoms with van der Waals surface area (Å²) in [4.78, 5) is 10.7. The number of carbonyl (C=O) groups excluding carboxylic acids is 1. The fourth-order valence-electron chi connectivity index (χ4n) is 2.63. The number of imidazole rings is 1. The Morgan fingerprint density at radius 1 is 1.25 bits per heavy atom. The van der Waals surface area contributed by atoms with Gasteiger partial charge in [-0.1, -0.05) is 31.2 Å². The minimum absolute atomic E-state index is 0.219. The number of aromatic nitrogens is 2. The maximum absolute atomic E-state index is 10.7. The van der Waals surface area contributed by atoms with Gasteiger partial charge in [0.15, 0.2) is 0 Å². The van der Waals surface area contributed by atoms with Crippen LogP contribution >= 0.6 is 0 Å². The highest BCUT2D eigenvalue weighted by Crippen LogP contribution is 2.07. The second-order valence-corrected chi connectivity index (χ2v) is 4.90. The van der Waals surface area contributed by atoms with Crippen LogP contribution in [-0.4, -0.2) is 10.5 Å². The van der Waals surface area contributed by atoms with Crippen LogP contribution in [0.5, 0.6) is 0 Å². The summed E-state index contributed by atoms with van der Waals surface area (Å²) >= 11 is 0. The molecule has 0 saturated heterocycles. The molecule has 4 nitrogen and oxygen atoms in total. The Morgan fingerprint density at radius 2 is 1.90 bits per heavy atom. The Balaban J connectivity index is 2.27. The van der Waals surface area contributed by atoms with E-state index < -0.39 is 5.97 Å². The van der Waals surface area contributed by atoms with Crippen LogP contribution in [0.3, 0.4) is 0 Å². The molecule has 2 rings (SSSR count). The number of carbonyl (C=O) groups is 1. The summed E-state index contributed by atoms with van der Waals surface area (Å²) < 4.78 is 4.53. The molecule has 0 spiro atoms. The molecular weight excluding hydrogens is 252 g/mol. The molecule has 0 fully saturated rings. The number of carboxylic acid groups (broad SMARTS) is 1. The Kier molecular flexibility index (Phi) is 4.23. The third-order valence-electron chi connectivity index (χ3n) is 3.59. The van der Waals surface area contributed by atoms with E-state index >= 15 is 0 Å². The van der Waals surface area contributed by atoms with Crippen molar-refractivity contribution in [2.45, 2.75) is 40.3 Å². The van der Waals surface area contributed by atoms with Crippen molar-refractivity contribution < 1.29 is 14.5 Å². The van der Waals surface area contributed by atoms with Crippen LogP contribution in [-0.2, 0) is 19.5 Å². The minimum Gasteiger partial charge on any atom is -0.545 e. The van der Waals surface area contributed by atoms with Crippen molar-refractivity contribution in [3.63, 3.8) is 0 Å². The number of aryl methyl sites for hydroxylation is 1. The molecule has 0 amide bonds. The molecule has 0 N–H and O–H groups in total. The minimum atomic E-state index is -1.13. The Labute approximate surface area is 119 Å². The van der Waals surface area contributed by atoms with E-state index in [9.17, 15) is 9.90 Å². The molecule has 20 heavy (non-hydrogen) atoms. The van der Waals surface area contributed by atoms with Gasteiger partial charge in [0.2, 0.25) is 0 Å². The van der Waals surface area contributed by atoms with Gasteiger partial charge in [0.1, 0.15) is 18.4 Å². The molecular formula is C16H20N2O2. The molecule has 0 aliphatic heterocycles. The maximum Gasteiger partial charge on any atom is 0.256 e. The molecule has 1 heterocycles. The lowest BCUT2D eigenvalue weighted by atomic mass is 10.1. The second kappa shape index (κ2) is 5.90. The third kappa shape index (κ3) is 2.74. The van der Waals surface area contributed by atoms with Gasteiger partial charge in [-0.2, -0.15) is 0 Å². The quantitative estimate of drug-likeness (QED) is 0.765. The Morgan fingerprint density at radius 3 is 2.40 bits per heavy atom. The van der Waals surface area contributed by atoms with Crippen molar-refractivity contribution in [1.29, 1.82) is 0 Å². The van der Waals surface area contributed by atoms with Crippen LogP contribution in [0.2, 0.25) is 0 Å². The Bertz CT molecular complexity index is 612. The van der Waals surface area contributed by atoms with Gasteiger partial charge < -0.3 is 9.90 Å². The smallest absolute Gasteiger partial charge is 0.256 e. The average Bonchev–Trinajstić information content (AvgIpc) is 2.74. The van der Waals surface area contributed by atoms with Crippen LogP contribution in [0.25, 0.3) is 0 Å². The van der Waals surface area contributed by atoms with Crippen molar-refractivity contribution in [2.24, 2.45) is 0 Å². The summed E-state index contributed by atoms with van der Waals surface area (Å²) in [5.74, 6) is 0.153. The molecule has 2 aromatic rings. The van der Waals surface area contributed by atoms with Crippen molar-refractivity contribution in [3.8, 4) is 0 Å². The van der Waals surface area contributed by atoms with Gasteiger partial charge in [0.25, 0.3) is 5.82 Å². The van der Waals surface area contributed by atoms with Gasteiger partial charge in [-0.15, -0.1) is 0 Å². The number of benzene rings is 1. The Hall–Kier alpha value is -2.10. The van der Waals surface area contributed by atoms with Gasteiger partial charge in [0.05, 0.1) is 12.5 Å². The zero-order valence-electron chi connectivity index (χ0n) is 12.2. The first kappa shape index (κ1) is 14.3. The van der Waals surface area contributed by atoms with E-state index in [0.717, 1.165) is 25.1 Å². The third-order valence-corrected chi connectivity index (χ3v) is 3.59. The molecule has 106 valence electrons. The van der Waals surface area contributed by atoms with E-state index in [2.05, 4.69) is 36.1 Å². The second-order valence-electron chi connectivity index (χ2n) is 4.90. The molecule has 0 unspecified atom stereocenters. The molecule has 0 saturated carbocycles. The fraction of sp³-hybridized carbons (Fsp3) is 0.375. The average molecular weight is 272 g/mol. The normalized spacial score (nSPS) is 10.8. The molecule has 4 heteroatoms. The summed E-state index contributed by atoms with van der Waals surface area (Å²) in [5, 5.41) is 10.7. The number of hydrogen-bond donors (Lipinski definition) is 0. The predicted molar refractivity (Wildman–Crippen MR) is 74.3 cm³/mol. The van der Waals surface area contributed by atoms with Crippen LogP contribution in [0.1, 0.15) is 41.3 Å². The number of hydrogen-bond acceptors (Lipinski definition) is 2. The highest BCUT2D eigenvalue weighted by molar-refractivity contribution is 5.85. The summed E-state index contributed by atoms with van der Waals surface area (Å²) in [5.41, 5.74) is 2.55.